The van der Waals surface area contributed by atoms with Crippen molar-refractivity contribution in [3.05, 3.63) is 22.7 Å². The summed E-state index contributed by atoms with van der Waals surface area (Å²) in [7, 11) is 0. The summed E-state index contributed by atoms with van der Waals surface area (Å²) in [5.41, 5.74) is 6.57. The van der Waals surface area contributed by atoms with Crippen molar-refractivity contribution in [2.24, 2.45) is 5.73 Å². The van der Waals surface area contributed by atoms with Crippen LogP contribution in [0.3, 0.4) is 0 Å². The molecule has 1 saturated carbocycles. The van der Waals surface area contributed by atoms with Crippen molar-refractivity contribution in [2.45, 2.75) is 31.5 Å². The summed E-state index contributed by atoms with van der Waals surface area (Å²) in [6, 6.07) is 3.80. The Hall–Kier alpha value is -0.930. The number of hydrogen-bond donors (Lipinski definition) is 1. The SMILES string of the molecule is NCCc1cc2c(cc1Cl)OC1(CCC1)O2. The lowest BCUT2D eigenvalue weighted by Gasteiger charge is -2.35. The minimum atomic E-state index is -0.382. The van der Waals surface area contributed by atoms with Crippen LogP contribution in [0.5, 0.6) is 11.5 Å². The van der Waals surface area contributed by atoms with E-state index in [1.165, 1.54) is 0 Å². The van der Waals surface area contributed by atoms with E-state index < -0.39 is 0 Å². The van der Waals surface area contributed by atoms with E-state index >= 15 is 0 Å². The number of rotatable bonds is 2. The molecule has 1 aromatic carbocycles. The topological polar surface area (TPSA) is 44.5 Å². The van der Waals surface area contributed by atoms with E-state index in [0.717, 1.165) is 42.7 Å². The summed E-state index contributed by atoms with van der Waals surface area (Å²) >= 11 is 6.15. The molecular formula is C12H14ClNO2. The van der Waals surface area contributed by atoms with Gasteiger partial charge in [0.2, 0.25) is 0 Å². The molecule has 3 rings (SSSR count). The molecular weight excluding hydrogens is 226 g/mol. The molecule has 1 aromatic rings. The van der Waals surface area contributed by atoms with Crippen LogP contribution < -0.4 is 15.2 Å². The van der Waals surface area contributed by atoms with Crippen LogP contribution in [0.2, 0.25) is 5.02 Å². The normalized spacial score (nSPS) is 19.9. The molecule has 1 aliphatic heterocycles. The van der Waals surface area contributed by atoms with Gasteiger partial charge in [-0.25, -0.2) is 0 Å². The van der Waals surface area contributed by atoms with Gasteiger partial charge < -0.3 is 15.2 Å². The second kappa shape index (κ2) is 3.54. The van der Waals surface area contributed by atoms with Crippen LogP contribution in [0.4, 0.5) is 0 Å². The van der Waals surface area contributed by atoms with Crippen molar-refractivity contribution in [2.75, 3.05) is 6.54 Å². The quantitative estimate of drug-likeness (QED) is 0.863. The number of fused-ring (bicyclic) bond motifs is 1. The molecule has 2 N–H and O–H groups in total. The molecule has 0 aromatic heterocycles. The van der Waals surface area contributed by atoms with Gasteiger partial charge in [0, 0.05) is 23.9 Å². The highest BCUT2D eigenvalue weighted by Gasteiger charge is 2.47. The third kappa shape index (κ3) is 1.46. The standard InChI is InChI=1S/C12H14ClNO2/c13-9-7-11-10(6-8(9)2-5-14)15-12(16-11)3-1-4-12/h6-7H,1-5,14H2. The molecule has 1 spiro atoms. The minimum absolute atomic E-state index is 0.382. The molecule has 4 heteroatoms. The Labute approximate surface area is 99.5 Å². The third-order valence-corrected chi connectivity index (χ3v) is 3.59. The first-order valence-electron chi connectivity index (χ1n) is 5.63. The van der Waals surface area contributed by atoms with Crippen LogP contribution in [0.15, 0.2) is 12.1 Å². The molecule has 2 aliphatic rings. The first-order valence-corrected chi connectivity index (χ1v) is 6.01. The molecule has 0 radical (unpaired) electrons. The predicted molar refractivity (Wildman–Crippen MR) is 62.0 cm³/mol. The van der Waals surface area contributed by atoms with E-state index in [1.807, 2.05) is 12.1 Å². The molecule has 1 fully saturated rings. The molecule has 0 unspecified atom stereocenters. The Morgan fingerprint density at radius 3 is 2.50 bits per heavy atom. The van der Waals surface area contributed by atoms with Crippen LogP contribution in [0, 0.1) is 0 Å². The second-order valence-electron chi connectivity index (χ2n) is 4.40. The summed E-state index contributed by atoms with van der Waals surface area (Å²) in [4.78, 5) is 0. The lowest BCUT2D eigenvalue weighted by atomic mass is 9.91. The molecule has 0 atom stereocenters. The van der Waals surface area contributed by atoms with Gasteiger partial charge in [-0.3, -0.25) is 0 Å². The highest BCUT2D eigenvalue weighted by atomic mass is 35.5. The van der Waals surface area contributed by atoms with Gasteiger partial charge in [0.05, 0.1) is 0 Å². The van der Waals surface area contributed by atoms with Crippen molar-refractivity contribution in [1.29, 1.82) is 0 Å². The number of hydrogen-bond acceptors (Lipinski definition) is 3. The van der Waals surface area contributed by atoms with Gasteiger partial charge in [-0.05, 0) is 31.0 Å². The zero-order valence-electron chi connectivity index (χ0n) is 8.96. The monoisotopic (exact) mass is 239 g/mol. The fourth-order valence-corrected chi connectivity index (χ4v) is 2.42. The van der Waals surface area contributed by atoms with Crippen LogP contribution in [0.1, 0.15) is 24.8 Å². The maximum absolute atomic E-state index is 6.15. The molecule has 1 heterocycles. The van der Waals surface area contributed by atoms with Crippen molar-refractivity contribution in [3.8, 4) is 11.5 Å². The maximum Gasteiger partial charge on any atom is 0.251 e. The Kier molecular flexibility index (Phi) is 2.26. The van der Waals surface area contributed by atoms with Gasteiger partial charge in [-0.15, -0.1) is 0 Å². The van der Waals surface area contributed by atoms with Crippen molar-refractivity contribution in [3.63, 3.8) is 0 Å². The second-order valence-corrected chi connectivity index (χ2v) is 4.80. The van der Waals surface area contributed by atoms with E-state index in [0.29, 0.717) is 11.6 Å². The fourth-order valence-electron chi connectivity index (χ4n) is 2.18. The van der Waals surface area contributed by atoms with E-state index in [4.69, 9.17) is 26.8 Å². The highest BCUT2D eigenvalue weighted by molar-refractivity contribution is 6.31. The molecule has 0 bridgehead atoms. The summed E-state index contributed by atoms with van der Waals surface area (Å²) < 4.78 is 11.7. The summed E-state index contributed by atoms with van der Waals surface area (Å²) in [6.07, 6.45) is 3.86. The lowest BCUT2D eigenvalue weighted by Crippen LogP contribution is -2.45. The molecule has 86 valence electrons. The molecule has 1 aliphatic carbocycles. The zero-order chi connectivity index (χ0) is 11.2. The van der Waals surface area contributed by atoms with E-state index in [9.17, 15) is 0 Å². The van der Waals surface area contributed by atoms with Crippen LogP contribution in [-0.2, 0) is 6.42 Å². The number of ether oxygens (including phenoxy) is 2. The van der Waals surface area contributed by atoms with E-state index in [1.54, 1.807) is 0 Å². The highest BCUT2D eigenvalue weighted by Crippen LogP contribution is 2.49. The van der Waals surface area contributed by atoms with Gasteiger partial charge in [0.1, 0.15) is 0 Å². The first-order chi connectivity index (χ1) is 7.72. The van der Waals surface area contributed by atoms with Crippen molar-refractivity contribution in [1.82, 2.24) is 0 Å². The van der Waals surface area contributed by atoms with Crippen molar-refractivity contribution >= 4 is 11.6 Å². The van der Waals surface area contributed by atoms with Gasteiger partial charge in [-0.2, -0.15) is 0 Å². The number of nitrogens with two attached hydrogens (primary N) is 1. The smallest absolute Gasteiger partial charge is 0.251 e. The Morgan fingerprint density at radius 1 is 1.25 bits per heavy atom. The fraction of sp³-hybridized carbons (Fsp3) is 0.500. The Bertz CT molecular complexity index is 429. The number of benzene rings is 1. The molecule has 0 saturated heterocycles. The predicted octanol–water partition coefficient (Wildman–Crippen LogP) is 2.49. The Balaban J connectivity index is 1.93. The van der Waals surface area contributed by atoms with Gasteiger partial charge in [-0.1, -0.05) is 11.6 Å². The molecule has 3 nitrogen and oxygen atoms in total. The van der Waals surface area contributed by atoms with E-state index in [2.05, 4.69) is 0 Å². The Morgan fingerprint density at radius 2 is 1.94 bits per heavy atom. The van der Waals surface area contributed by atoms with Crippen LogP contribution in [-0.4, -0.2) is 12.3 Å². The van der Waals surface area contributed by atoms with Crippen LogP contribution >= 0.6 is 11.6 Å². The van der Waals surface area contributed by atoms with Crippen molar-refractivity contribution < 1.29 is 9.47 Å². The largest absolute Gasteiger partial charge is 0.448 e. The maximum atomic E-state index is 6.15. The summed E-state index contributed by atoms with van der Waals surface area (Å²) in [6.45, 7) is 0.588. The zero-order valence-corrected chi connectivity index (χ0v) is 9.72. The van der Waals surface area contributed by atoms with Gasteiger partial charge in [0.15, 0.2) is 11.5 Å². The first kappa shape index (κ1) is 10.2. The average molecular weight is 240 g/mol. The minimum Gasteiger partial charge on any atom is -0.448 e. The van der Waals surface area contributed by atoms with E-state index in [-0.39, 0.29) is 5.79 Å². The third-order valence-electron chi connectivity index (χ3n) is 3.23. The summed E-state index contributed by atoms with van der Waals surface area (Å²) in [5, 5.41) is 0.712. The van der Waals surface area contributed by atoms with Gasteiger partial charge >= 0.3 is 0 Å². The average Bonchev–Trinajstić information content (AvgIpc) is 2.57. The molecule has 0 amide bonds. The lowest BCUT2D eigenvalue weighted by molar-refractivity contribution is -0.138. The number of halogens is 1. The summed E-state index contributed by atoms with van der Waals surface area (Å²) in [5.74, 6) is 1.20. The molecule has 16 heavy (non-hydrogen) atoms. The van der Waals surface area contributed by atoms with Gasteiger partial charge in [0.25, 0.3) is 5.79 Å². The van der Waals surface area contributed by atoms with Crippen LogP contribution in [0.25, 0.3) is 0 Å².